The van der Waals surface area contributed by atoms with Crippen molar-refractivity contribution in [1.29, 1.82) is 0 Å². The van der Waals surface area contributed by atoms with Crippen molar-refractivity contribution in [2.45, 2.75) is 31.1 Å². The molecule has 0 unspecified atom stereocenters. The fraction of sp³-hybridized carbons (Fsp3) is 0.333. The number of ether oxygens (including phenoxy) is 5. The minimum atomic E-state index is -4.20. The molecule has 1 aliphatic heterocycles. The maximum atomic E-state index is 13.8. The lowest BCUT2D eigenvalue weighted by molar-refractivity contribution is 0.121. The number of anilines is 3. The number of nitrogens with zero attached hydrogens (tertiary/aromatic N) is 4. The Morgan fingerprint density at radius 2 is 1.78 bits per heavy atom. The SMILES string of the molecule is COc1ccc(Cl)c(Oc2c(NS(=O)(=O)c3ccc(C(C)(C)C)cc3)nc(N3CCOCC3)nc2OCCOC(=O)Nc2ccccn2)c1. The van der Waals surface area contributed by atoms with Gasteiger partial charge in [0.25, 0.3) is 15.9 Å². The van der Waals surface area contributed by atoms with Gasteiger partial charge in [-0.05, 0) is 47.4 Å². The van der Waals surface area contributed by atoms with Crippen molar-refractivity contribution in [3.05, 3.63) is 77.4 Å². The molecular formula is C33H37ClN6O8S. The zero-order chi connectivity index (χ0) is 35.0. The van der Waals surface area contributed by atoms with E-state index in [-0.39, 0.29) is 57.7 Å². The highest BCUT2D eigenvalue weighted by Gasteiger charge is 2.27. The van der Waals surface area contributed by atoms with Crippen molar-refractivity contribution < 1.29 is 36.9 Å². The van der Waals surface area contributed by atoms with Crippen LogP contribution in [0.15, 0.2) is 71.8 Å². The molecule has 0 aliphatic carbocycles. The van der Waals surface area contributed by atoms with Crippen LogP contribution < -0.4 is 29.1 Å². The lowest BCUT2D eigenvalue weighted by Gasteiger charge is -2.28. The van der Waals surface area contributed by atoms with Crippen molar-refractivity contribution in [1.82, 2.24) is 15.0 Å². The van der Waals surface area contributed by atoms with E-state index in [0.29, 0.717) is 37.9 Å². The zero-order valence-corrected chi connectivity index (χ0v) is 29.0. The monoisotopic (exact) mass is 712 g/mol. The Kier molecular flexibility index (Phi) is 11.3. The molecule has 1 saturated heterocycles. The molecular weight excluding hydrogens is 676 g/mol. The van der Waals surface area contributed by atoms with Crippen LogP contribution in [0.2, 0.25) is 5.02 Å². The number of carbonyl (C=O) groups is 1. The summed E-state index contributed by atoms with van der Waals surface area (Å²) in [5.74, 6) is 0.506. The van der Waals surface area contributed by atoms with Crippen LogP contribution in [0.4, 0.5) is 22.4 Å². The molecule has 0 bridgehead atoms. The molecule has 16 heteroatoms. The highest BCUT2D eigenvalue weighted by Crippen LogP contribution is 2.42. The number of sulfonamides is 1. The summed E-state index contributed by atoms with van der Waals surface area (Å²) >= 11 is 6.48. The molecule has 2 N–H and O–H groups in total. The predicted molar refractivity (Wildman–Crippen MR) is 184 cm³/mol. The third-order valence-corrected chi connectivity index (χ3v) is 8.85. The largest absolute Gasteiger partial charge is 0.497 e. The second kappa shape index (κ2) is 15.6. The molecule has 14 nitrogen and oxygen atoms in total. The van der Waals surface area contributed by atoms with Crippen LogP contribution in [0.25, 0.3) is 0 Å². The molecule has 1 fully saturated rings. The van der Waals surface area contributed by atoms with E-state index >= 15 is 0 Å². The minimum absolute atomic E-state index is 0.00665. The summed E-state index contributed by atoms with van der Waals surface area (Å²) in [5, 5.41) is 2.72. The third kappa shape index (κ3) is 9.40. The first kappa shape index (κ1) is 35.4. The summed E-state index contributed by atoms with van der Waals surface area (Å²) < 4.78 is 58.4. The van der Waals surface area contributed by atoms with Crippen LogP contribution >= 0.6 is 11.6 Å². The van der Waals surface area contributed by atoms with E-state index in [4.69, 9.17) is 35.3 Å². The number of amides is 1. The van der Waals surface area contributed by atoms with Gasteiger partial charge in [0.05, 0.1) is 30.2 Å². The summed E-state index contributed by atoms with van der Waals surface area (Å²) in [6.45, 7) is 7.45. The second-order valence-electron chi connectivity index (χ2n) is 11.7. The number of methoxy groups -OCH3 is 1. The van der Waals surface area contributed by atoms with Gasteiger partial charge in [-0.1, -0.05) is 50.6 Å². The molecule has 1 aliphatic rings. The molecule has 0 spiro atoms. The van der Waals surface area contributed by atoms with Gasteiger partial charge in [-0.25, -0.2) is 18.2 Å². The van der Waals surface area contributed by atoms with Gasteiger partial charge in [-0.2, -0.15) is 9.97 Å². The van der Waals surface area contributed by atoms with Gasteiger partial charge in [0.2, 0.25) is 11.7 Å². The van der Waals surface area contributed by atoms with Crippen LogP contribution in [-0.4, -0.2) is 76.1 Å². The van der Waals surface area contributed by atoms with Crippen molar-refractivity contribution in [2.75, 3.05) is 61.6 Å². The van der Waals surface area contributed by atoms with Crippen molar-refractivity contribution in [3.8, 4) is 23.1 Å². The molecule has 0 saturated carbocycles. The smallest absolute Gasteiger partial charge is 0.412 e. The van der Waals surface area contributed by atoms with Gasteiger partial charge in [0.1, 0.15) is 30.5 Å². The van der Waals surface area contributed by atoms with Gasteiger partial charge >= 0.3 is 6.09 Å². The van der Waals surface area contributed by atoms with Crippen molar-refractivity contribution in [2.24, 2.45) is 0 Å². The first-order valence-electron chi connectivity index (χ1n) is 15.3. The molecule has 5 rings (SSSR count). The molecule has 3 heterocycles. The Balaban J connectivity index is 1.50. The molecule has 0 radical (unpaired) electrons. The van der Waals surface area contributed by atoms with E-state index in [9.17, 15) is 13.2 Å². The normalized spacial score (nSPS) is 13.4. The zero-order valence-electron chi connectivity index (χ0n) is 27.4. The first-order chi connectivity index (χ1) is 23.4. The van der Waals surface area contributed by atoms with Crippen LogP contribution in [0.1, 0.15) is 26.3 Å². The first-order valence-corrected chi connectivity index (χ1v) is 17.2. The van der Waals surface area contributed by atoms with E-state index in [1.807, 2.05) is 25.7 Å². The highest BCUT2D eigenvalue weighted by atomic mass is 35.5. The van der Waals surface area contributed by atoms with E-state index in [0.717, 1.165) is 5.56 Å². The standard InChI is InChI=1S/C33H37ClN6O8S/c1-33(2,3)22-8-11-24(12-9-22)49(42,43)39-29-28(48-26-21-23(44-4)10-13-25(26)34)30(38-31(37-29)40-15-17-45-18-16-40)46-19-20-47-32(41)36-27-7-5-6-14-35-27/h5-14,21H,15-20H2,1-4H3,(H,35,36,41)(H,37,38,39). The third-order valence-electron chi connectivity index (χ3n) is 7.18. The van der Waals surface area contributed by atoms with E-state index in [1.54, 1.807) is 42.5 Å². The Labute approximate surface area is 289 Å². The number of halogens is 1. The summed E-state index contributed by atoms with van der Waals surface area (Å²) in [6, 6.07) is 16.4. The molecule has 2 aromatic carbocycles. The predicted octanol–water partition coefficient (Wildman–Crippen LogP) is 5.89. The van der Waals surface area contributed by atoms with Gasteiger partial charge in [-0.3, -0.25) is 10.0 Å². The molecule has 0 atom stereocenters. The summed E-state index contributed by atoms with van der Waals surface area (Å²) in [6.07, 6.45) is 0.785. The number of carbonyl (C=O) groups excluding carboxylic acids is 1. The maximum absolute atomic E-state index is 13.8. The summed E-state index contributed by atoms with van der Waals surface area (Å²) in [7, 11) is -2.72. The summed E-state index contributed by atoms with van der Waals surface area (Å²) in [4.78, 5) is 27.3. The van der Waals surface area contributed by atoms with Gasteiger partial charge in [0.15, 0.2) is 5.82 Å². The lowest BCUT2D eigenvalue weighted by atomic mass is 9.87. The fourth-order valence-corrected chi connectivity index (χ4v) is 5.71. The number of hydrogen-bond acceptors (Lipinski definition) is 12. The second-order valence-corrected chi connectivity index (χ2v) is 13.8. The van der Waals surface area contributed by atoms with Crippen molar-refractivity contribution >= 4 is 45.3 Å². The van der Waals surface area contributed by atoms with Crippen LogP contribution in [0.3, 0.4) is 0 Å². The number of rotatable bonds is 12. The maximum Gasteiger partial charge on any atom is 0.412 e. The Morgan fingerprint density at radius 1 is 1.02 bits per heavy atom. The average molecular weight is 713 g/mol. The topological polar surface area (TPSA) is 163 Å². The number of aromatic nitrogens is 3. The Bertz CT molecular complexity index is 1850. The average Bonchev–Trinajstić information content (AvgIpc) is 3.09. The van der Waals surface area contributed by atoms with Crippen LogP contribution in [0, 0.1) is 0 Å². The Hall–Kier alpha value is -4.86. The van der Waals surface area contributed by atoms with Gasteiger partial charge in [-0.15, -0.1) is 0 Å². The van der Waals surface area contributed by atoms with E-state index in [1.165, 1.54) is 31.5 Å². The number of nitrogens with one attached hydrogen (secondary N) is 2. The van der Waals surface area contributed by atoms with Gasteiger partial charge < -0.3 is 28.6 Å². The number of pyridine rings is 1. The quantitative estimate of drug-likeness (QED) is 0.168. The molecule has 49 heavy (non-hydrogen) atoms. The number of morpholine rings is 1. The van der Waals surface area contributed by atoms with Crippen LogP contribution in [-0.2, 0) is 24.9 Å². The summed E-state index contributed by atoms with van der Waals surface area (Å²) in [5.41, 5.74) is 0.785. The molecule has 2 aromatic heterocycles. The van der Waals surface area contributed by atoms with Gasteiger partial charge in [0, 0.05) is 25.4 Å². The minimum Gasteiger partial charge on any atom is -0.497 e. The number of hydrogen-bond donors (Lipinski definition) is 2. The highest BCUT2D eigenvalue weighted by molar-refractivity contribution is 7.92. The fourth-order valence-electron chi connectivity index (χ4n) is 4.55. The number of benzene rings is 2. The molecule has 4 aromatic rings. The van der Waals surface area contributed by atoms with Crippen molar-refractivity contribution in [3.63, 3.8) is 0 Å². The Morgan fingerprint density at radius 3 is 2.45 bits per heavy atom. The molecule has 260 valence electrons. The molecule has 1 amide bonds. The lowest BCUT2D eigenvalue weighted by Crippen LogP contribution is -2.37. The van der Waals surface area contributed by atoms with E-state index < -0.39 is 16.1 Å². The van der Waals surface area contributed by atoms with E-state index in [2.05, 4.69) is 25.0 Å². The van der Waals surface area contributed by atoms with Crippen LogP contribution in [0.5, 0.6) is 23.1 Å².